The molecule has 2 rings (SSSR count). The van der Waals surface area contributed by atoms with Gasteiger partial charge in [0.25, 0.3) is 0 Å². The highest BCUT2D eigenvalue weighted by Gasteiger charge is 2.29. The summed E-state index contributed by atoms with van der Waals surface area (Å²) in [4.78, 5) is 0. The van der Waals surface area contributed by atoms with E-state index < -0.39 is 5.60 Å². The number of rotatable bonds is 6. The molecule has 112 valence electrons. The summed E-state index contributed by atoms with van der Waals surface area (Å²) in [6, 6.07) is 7.82. The van der Waals surface area contributed by atoms with Crippen LogP contribution >= 0.6 is 0 Å². The summed E-state index contributed by atoms with van der Waals surface area (Å²) in [5, 5.41) is 20.1. The molecule has 1 saturated carbocycles. The molecule has 1 atom stereocenters. The monoisotopic (exact) mass is 278 g/mol. The highest BCUT2D eigenvalue weighted by Crippen LogP contribution is 2.29. The maximum atomic E-state index is 10.4. The second kappa shape index (κ2) is 7.09. The molecule has 3 heteroatoms. The zero-order chi connectivity index (χ0) is 14.4. The molecule has 1 aromatic carbocycles. The van der Waals surface area contributed by atoms with Crippen molar-refractivity contribution in [1.82, 2.24) is 0 Å². The van der Waals surface area contributed by atoms with E-state index in [9.17, 15) is 10.2 Å². The third-order valence-corrected chi connectivity index (χ3v) is 4.13. The quantitative estimate of drug-likeness (QED) is 0.840. The molecule has 0 radical (unpaired) electrons. The highest BCUT2D eigenvalue weighted by atomic mass is 16.5. The first-order valence-electron chi connectivity index (χ1n) is 7.73. The van der Waals surface area contributed by atoms with Gasteiger partial charge in [-0.1, -0.05) is 38.3 Å². The van der Waals surface area contributed by atoms with Crippen molar-refractivity contribution in [2.75, 3.05) is 6.61 Å². The van der Waals surface area contributed by atoms with Crippen molar-refractivity contribution in [2.45, 2.75) is 63.6 Å². The van der Waals surface area contributed by atoms with E-state index in [1.165, 1.54) is 6.42 Å². The first-order valence-corrected chi connectivity index (χ1v) is 7.73. The van der Waals surface area contributed by atoms with E-state index >= 15 is 0 Å². The zero-order valence-corrected chi connectivity index (χ0v) is 12.3. The van der Waals surface area contributed by atoms with Crippen LogP contribution in [0.2, 0.25) is 0 Å². The van der Waals surface area contributed by atoms with Gasteiger partial charge < -0.3 is 14.9 Å². The maximum Gasteiger partial charge on any atom is 0.119 e. The fourth-order valence-electron chi connectivity index (χ4n) is 2.75. The summed E-state index contributed by atoms with van der Waals surface area (Å²) >= 11 is 0. The molecule has 0 spiro atoms. The summed E-state index contributed by atoms with van der Waals surface area (Å²) in [5.74, 6) is 0.782. The molecular formula is C17H26O3. The third-order valence-electron chi connectivity index (χ3n) is 4.13. The van der Waals surface area contributed by atoms with Gasteiger partial charge in [-0.15, -0.1) is 0 Å². The normalized spacial score (nSPS) is 19.6. The van der Waals surface area contributed by atoms with Crippen LogP contribution in [0.25, 0.3) is 0 Å². The minimum absolute atomic E-state index is 0.298. The summed E-state index contributed by atoms with van der Waals surface area (Å²) in [6.45, 7) is 2.34. The first-order chi connectivity index (χ1) is 9.61. The number of ether oxygens (including phenoxy) is 1. The van der Waals surface area contributed by atoms with Gasteiger partial charge in [-0.25, -0.2) is 0 Å². The smallest absolute Gasteiger partial charge is 0.119 e. The lowest BCUT2D eigenvalue weighted by molar-refractivity contribution is -0.0339. The van der Waals surface area contributed by atoms with Gasteiger partial charge >= 0.3 is 0 Å². The molecule has 1 fully saturated rings. The van der Waals surface area contributed by atoms with Crippen molar-refractivity contribution in [3.05, 3.63) is 29.8 Å². The molecule has 0 bridgehead atoms. The Balaban J connectivity index is 1.90. The van der Waals surface area contributed by atoms with Crippen LogP contribution in [-0.2, 0) is 6.42 Å². The van der Waals surface area contributed by atoms with Crippen molar-refractivity contribution >= 4 is 0 Å². The maximum absolute atomic E-state index is 10.4. The van der Waals surface area contributed by atoms with Gasteiger partial charge in [-0.2, -0.15) is 0 Å². The molecule has 0 aromatic heterocycles. The standard InChI is InChI=1S/C17H26O3/c1-2-15(18)11-14-7-6-8-16(12-14)20-13-17(19)9-4-3-5-10-17/h6-8,12,15,18-19H,2-5,9-11,13H2,1H3. The van der Waals surface area contributed by atoms with Crippen LogP contribution in [-0.4, -0.2) is 28.5 Å². The fraction of sp³-hybridized carbons (Fsp3) is 0.647. The summed E-state index contributed by atoms with van der Waals surface area (Å²) in [7, 11) is 0. The molecular weight excluding hydrogens is 252 g/mol. The van der Waals surface area contributed by atoms with Gasteiger partial charge in [-0.05, 0) is 43.4 Å². The van der Waals surface area contributed by atoms with E-state index in [0.717, 1.165) is 43.4 Å². The van der Waals surface area contributed by atoms with Gasteiger partial charge in [0.05, 0.1) is 11.7 Å². The van der Waals surface area contributed by atoms with Crippen molar-refractivity contribution in [3.8, 4) is 5.75 Å². The molecule has 1 aliphatic carbocycles. The Labute approximate surface area is 121 Å². The van der Waals surface area contributed by atoms with E-state index in [-0.39, 0.29) is 6.10 Å². The topological polar surface area (TPSA) is 49.7 Å². The largest absolute Gasteiger partial charge is 0.491 e. The number of aliphatic hydroxyl groups excluding tert-OH is 1. The van der Waals surface area contributed by atoms with Gasteiger partial charge in [-0.3, -0.25) is 0 Å². The van der Waals surface area contributed by atoms with Crippen LogP contribution in [0.15, 0.2) is 24.3 Å². The first kappa shape index (κ1) is 15.3. The van der Waals surface area contributed by atoms with Gasteiger partial charge in [0, 0.05) is 0 Å². The molecule has 20 heavy (non-hydrogen) atoms. The summed E-state index contributed by atoms with van der Waals surface area (Å²) in [5.41, 5.74) is 0.421. The number of benzene rings is 1. The van der Waals surface area contributed by atoms with Crippen molar-refractivity contribution in [2.24, 2.45) is 0 Å². The van der Waals surface area contributed by atoms with E-state index in [2.05, 4.69) is 0 Å². The fourth-order valence-corrected chi connectivity index (χ4v) is 2.75. The Hall–Kier alpha value is -1.06. The van der Waals surface area contributed by atoms with E-state index in [4.69, 9.17) is 4.74 Å². The molecule has 3 nitrogen and oxygen atoms in total. The van der Waals surface area contributed by atoms with Crippen LogP contribution in [0.3, 0.4) is 0 Å². The minimum Gasteiger partial charge on any atom is -0.491 e. The second-order valence-electron chi connectivity index (χ2n) is 5.99. The lowest BCUT2D eigenvalue weighted by Crippen LogP contribution is -2.37. The van der Waals surface area contributed by atoms with Crippen LogP contribution in [0.1, 0.15) is 51.0 Å². The Bertz CT molecular complexity index is 410. The predicted molar refractivity (Wildman–Crippen MR) is 80.0 cm³/mol. The van der Waals surface area contributed by atoms with Gasteiger partial charge in [0.1, 0.15) is 12.4 Å². The molecule has 1 aromatic rings. The van der Waals surface area contributed by atoms with Crippen molar-refractivity contribution in [1.29, 1.82) is 0 Å². The van der Waals surface area contributed by atoms with Crippen LogP contribution in [0.4, 0.5) is 0 Å². The predicted octanol–water partition coefficient (Wildman–Crippen LogP) is 3.07. The van der Waals surface area contributed by atoms with Gasteiger partial charge in [0.2, 0.25) is 0 Å². The molecule has 0 amide bonds. The van der Waals surface area contributed by atoms with Gasteiger partial charge in [0.15, 0.2) is 0 Å². The minimum atomic E-state index is -0.656. The third kappa shape index (κ3) is 4.50. The van der Waals surface area contributed by atoms with Crippen LogP contribution in [0.5, 0.6) is 5.75 Å². The summed E-state index contributed by atoms with van der Waals surface area (Å²) in [6.07, 6.45) is 6.16. The average molecular weight is 278 g/mol. The molecule has 0 aliphatic heterocycles. The Morgan fingerprint density at radius 3 is 2.70 bits per heavy atom. The number of aliphatic hydroxyl groups is 2. The van der Waals surface area contributed by atoms with Crippen molar-refractivity contribution in [3.63, 3.8) is 0 Å². The molecule has 1 aliphatic rings. The van der Waals surface area contributed by atoms with Crippen LogP contribution in [0, 0.1) is 0 Å². The zero-order valence-electron chi connectivity index (χ0n) is 12.3. The second-order valence-corrected chi connectivity index (χ2v) is 5.99. The molecule has 0 heterocycles. The Morgan fingerprint density at radius 1 is 1.25 bits per heavy atom. The average Bonchev–Trinajstić information content (AvgIpc) is 2.46. The number of hydrogen-bond donors (Lipinski definition) is 2. The van der Waals surface area contributed by atoms with E-state index in [0.29, 0.717) is 13.0 Å². The lowest BCUT2D eigenvalue weighted by atomic mass is 9.85. The van der Waals surface area contributed by atoms with E-state index in [1.54, 1.807) is 0 Å². The Morgan fingerprint density at radius 2 is 2.00 bits per heavy atom. The number of hydrogen-bond acceptors (Lipinski definition) is 3. The SMILES string of the molecule is CCC(O)Cc1cccc(OCC2(O)CCCCC2)c1. The van der Waals surface area contributed by atoms with Crippen molar-refractivity contribution < 1.29 is 14.9 Å². The highest BCUT2D eigenvalue weighted by molar-refractivity contribution is 5.29. The molecule has 2 N–H and O–H groups in total. The molecule has 1 unspecified atom stereocenters. The van der Waals surface area contributed by atoms with E-state index in [1.807, 2.05) is 31.2 Å². The molecule has 0 saturated heterocycles. The van der Waals surface area contributed by atoms with Crippen LogP contribution < -0.4 is 4.74 Å². The lowest BCUT2D eigenvalue weighted by Gasteiger charge is -2.31. The summed E-state index contributed by atoms with van der Waals surface area (Å²) < 4.78 is 5.77. The Kier molecular flexibility index (Phi) is 5.44.